The van der Waals surface area contributed by atoms with Crippen molar-refractivity contribution in [2.75, 3.05) is 0 Å². The van der Waals surface area contributed by atoms with Crippen LogP contribution in [-0.4, -0.2) is 15.4 Å². The Hall–Kier alpha value is -0.800. The molecule has 4 heteroatoms. The van der Waals surface area contributed by atoms with Crippen molar-refractivity contribution in [1.82, 2.24) is 10.2 Å². The molecule has 0 spiro atoms. The summed E-state index contributed by atoms with van der Waals surface area (Å²) < 4.78 is 0. The Morgan fingerprint density at radius 2 is 1.76 bits per heavy atom. The van der Waals surface area contributed by atoms with E-state index in [0.29, 0.717) is 10.4 Å². The van der Waals surface area contributed by atoms with Crippen molar-refractivity contribution in [2.45, 2.75) is 36.0 Å². The maximum absolute atomic E-state index is 6.06. The summed E-state index contributed by atoms with van der Waals surface area (Å²) in [6.45, 7) is 0. The SMILES string of the molecule is Clc1nnc(SC2CCCC2)c2ccccc12. The zero-order chi connectivity index (χ0) is 11.7. The summed E-state index contributed by atoms with van der Waals surface area (Å²) >= 11 is 7.92. The molecule has 2 aromatic rings. The molecule has 1 saturated carbocycles. The van der Waals surface area contributed by atoms with Crippen LogP contribution in [-0.2, 0) is 0 Å². The van der Waals surface area contributed by atoms with Crippen LogP contribution in [0.3, 0.4) is 0 Å². The minimum atomic E-state index is 0.497. The number of thioether (sulfide) groups is 1. The first-order chi connectivity index (χ1) is 8.34. The van der Waals surface area contributed by atoms with Gasteiger partial charge < -0.3 is 0 Å². The second kappa shape index (κ2) is 4.83. The van der Waals surface area contributed by atoms with Gasteiger partial charge in [-0.2, -0.15) is 0 Å². The van der Waals surface area contributed by atoms with Crippen LogP contribution in [0.2, 0.25) is 5.15 Å². The fourth-order valence-electron chi connectivity index (χ4n) is 2.30. The average molecular weight is 265 g/mol. The second-order valence-corrected chi connectivity index (χ2v) is 6.01. The third-order valence-corrected chi connectivity index (χ3v) is 4.80. The van der Waals surface area contributed by atoms with E-state index in [1.807, 2.05) is 30.0 Å². The van der Waals surface area contributed by atoms with Gasteiger partial charge in [0.1, 0.15) is 5.03 Å². The molecule has 1 fully saturated rings. The van der Waals surface area contributed by atoms with Crippen molar-refractivity contribution >= 4 is 34.1 Å². The standard InChI is InChI=1S/C13H13ClN2S/c14-12-10-7-3-4-8-11(10)13(16-15-12)17-9-5-1-2-6-9/h3-4,7-9H,1-2,5-6H2. The molecule has 0 atom stereocenters. The average Bonchev–Trinajstić information content (AvgIpc) is 2.86. The Labute approximate surface area is 110 Å². The molecule has 0 unspecified atom stereocenters. The van der Waals surface area contributed by atoms with Crippen molar-refractivity contribution < 1.29 is 0 Å². The molecule has 1 aromatic carbocycles. The molecule has 0 saturated heterocycles. The highest BCUT2D eigenvalue weighted by atomic mass is 35.5. The molecule has 1 aliphatic rings. The first-order valence-electron chi connectivity index (χ1n) is 5.92. The molecule has 1 aromatic heterocycles. The first kappa shape index (κ1) is 11.3. The lowest BCUT2D eigenvalue weighted by atomic mass is 10.2. The van der Waals surface area contributed by atoms with E-state index in [0.717, 1.165) is 15.8 Å². The van der Waals surface area contributed by atoms with E-state index in [1.54, 1.807) is 0 Å². The Morgan fingerprint density at radius 3 is 2.53 bits per heavy atom. The lowest BCUT2D eigenvalue weighted by Crippen LogP contribution is -1.97. The molecule has 0 radical (unpaired) electrons. The molecule has 1 aliphatic carbocycles. The van der Waals surface area contributed by atoms with Crippen LogP contribution >= 0.6 is 23.4 Å². The molecule has 0 aliphatic heterocycles. The van der Waals surface area contributed by atoms with Gasteiger partial charge in [-0.05, 0) is 12.8 Å². The summed E-state index contributed by atoms with van der Waals surface area (Å²) in [5, 5.41) is 12.7. The largest absolute Gasteiger partial charge is 0.159 e. The number of fused-ring (bicyclic) bond motifs is 1. The van der Waals surface area contributed by atoms with E-state index in [9.17, 15) is 0 Å². The topological polar surface area (TPSA) is 25.8 Å². The molecule has 2 nitrogen and oxygen atoms in total. The molecule has 3 rings (SSSR count). The van der Waals surface area contributed by atoms with E-state index in [2.05, 4.69) is 16.3 Å². The lowest BCUT2D eigenvalue weighted by molar-refractivity contribution is 0.886. The number of aromatic nitrogens is 2. The van der Waals surface area contributed by atoms with Crippen LogP contribution in [0, 0.1) is 0 Å². The molecule has 0 bridgehead atoms. The van der Waals surface area contributed by atoms with E-state index in [-0.39, 0.29) is 0 Å². The minimum Gasteiger partial charge on any atom is -0.142 e. The Kier molecular flexibility index (Phi) is 3.21. The molecular formula is C13H13ClN2S. The zero-order valence-corrected chi connectivity index (χ0v) is 11.0. The van der Waals surface area contributed by atoms with Gasteiger partial charge >= 0.3 is 0 Å². The van der Waals surface area contributed by atoms with Crippen molar-refractivity contribution in [3.63, 3.8) is 0 Å². The van der Waals surface area contributed by atoms with Crippen LogP contribution < -0.4 is 0 Å². The zero-order valence-electron chi connectivity index (χ0n) is 9.40. The monoisotopic (exact) mass is 264 g/mol. The molecule has 88 valence electrons. The summed E-state index contributed by atoms with van der Waals surface area (Å²) in [6.07, 6.45) is 5.28. The number of benzene rings is 1. The van der Waals surface area contributed by atoms with E-state index >= 15 is 0 Å². The maximum Gasteiger partial charge on any atom is 0.159 e. The van der Waals surface area contributed by atoms with Crippen LogP contribution in [0.15, 0.2) is 29.3 Å². The highest BCUT2D eigenvalue weighted by Gasteiger charge is 2.18. The van der Waals surface area contributed by atoms with Gasteiger partial charge in [-0.15, -0.1) is 22.0 Å². The predicted octanol–water partition coefficient (Wildman–Crippen LogP) is 4.32. The Bertz CT molecular complexity index is 538. The number of halogens is 1. The molecule has 17 heavy (non-hydrogen) atoms. The molecular weight excluding hydrogens is 252 g/mol. The van der Waals surface area contributed by atoms with Gasteiger partial charge in [-0.1, -0.05) is 48.7 Å². The van der Waals surface area contributed by atoms with E-state index in [1.165, 1.54) is 25.7 Å². The van der Waals surface area contributed by atoms with Gasteiger partial charge in [0.05, 0.1) is 0 Å². The van der Waals surface area contributed by atoms with E-state index < -0.39 is 0 Å². The number of hydrogen-bond acceptors (Lipinski definition) is 3. The van der Waals surface area contributed by atoms with Crippen molar-refractivity contribution in [2.24, 2.45) is 0 Å². The van der Waals surface area contributed by atoms with Gasteiger partial charge in [0.15, 0.2) is 5.15 Å². The number of nitrogens with zero attached hydrogens (tertiary/aromatic N) is 2. The third kappa shape index (κ3) is 2.26. The van der Waals surface area contributed by atoms with Crippen LogP contribution in [0.25, 0.3) is 10.8 Å². The summed E-state index contributed by atoms with van der Waals surface area (Å²) in [6, 6.07) is 8.09. The molecule has 0 N–H and O–H groups in total. The van der Waals surface area contributed by atoms with Gasteiger partial charge in [0, 0.05) is 16.0 Å². The lowest BCUT2D eigenvalue weighted by Gasteiger charge is -2.09. The second-order valence-electron chi connectivity index (χ2n) is 4.37. The van der Waals surface area contributed by atoms with Gasteiger partial charge in [0.2, 0.25) is 0 Å². The van der Waals surface area contributed by atoms with Crippen molar-refractivity contribution in [3.8, 4) is 0 Å². The van der Waals surface area contributed by atoms with Gasteiger partial charge in [-0.3, -0.25) is 0 Å². The molecule has 1 heterocycles. The van der Waals surface area contributed by atoms with Crippen LogP contribution in [0.5, 0.6) is 0 Å². The summed E-state index contributed by atoms with van der Waals surface area (Å²) in [5.74, 6) is 0. The van der Waals surface area contributed by atoms with Crippen LogP contribution in [0.4, 0.5) is 0 Å². The number of hydrogen-bond donors (Lipinski definition) is 0. The van der Waals surface area contributed by atoms with Crippen LogP contribution in [0.1, 0.15) is 25.7 Å². The van der Waals surface area contributed by atoms with Crippen molar-refractivity contribution in [3.05, 3.63) is 29.4 Å². The fourth-order valence-corrected chi connectivity index (χ4v) is 3.78. The highest BCUT2D eigenvalue weighted by molar-refractivity contribution is 8.00. The van der Waals surface area contributed by atoms with Crippen molar-refractivity contribution in [1.29, 1.82) is 0 Å². The normalized spacial score (nSPS) is 16.8. The first-order valence-corrected chi connectivity index (χ1v) is 7.18. The molecule has 0 amide bonds. The summed E-state index contributed by atoms with van der Waals surface area (Å²) in [4.78, 5) is 0. The van der Waals surface area contributed by atoms with E-state index in [4.69, 9.17) is 11.6 Å². The van der Waals surface area contributed by atoms with Gasteiger partial charge in [0.25, 0.3) is 0 Å². The number of rotatable bonds is 2. The summed E-state index contributed by atoms with van der Waals surface area (Å²) in [5.41, 5.74) is 0. The Balaban J connectivity index is 2.01. The van der Waals surface area contributed by atoms with Gasteiger partial charge in [-0.25, -0.2) is 0 Å². The predicted molar refractivity (Wildman–Crippen MR) is 72.7 cm³/mol. The minimum absolute atomic E-state index is 0.497. The Morgan fingerprint density at radius 1 is 1.06 bits per heavy atom. The maximum atomic E-state index is 6.06. The smallest absolute Gasteiger partial charge is 0.142 e. The third-order valence-electron chi connectivity index (χ3n) is 3.19. The fraction of sp³-hybridized carbons (Fsp3) is 0.385. The summed E-state index contributed by atoms with van der Waals surface area (Å²) in [7, 11) is 0. The highest BCUT2D eigenvalue weighted by Crippen LogP contribution is 2.37. The quantitative estimate of drug-likeness (QED) is 0.808.